The van der Waals surface area contributed by atoms with Gasteiger partial charge in [-0.1, -0.05) is 30.3 Å². The van der Waals surface area contributed by atoms with E-state index in [0.29, 0.717) is 28.1 Å². The van der Waals surface area contributed by atoms with E-state index in [1.807, 2.05) is 0 Å². The van der Waals surface area contributed by atoms with Crippen LogP contribution in [-0.2, 0) is 15.7 Å². The number of anilines is 1. The molecule has 0 spiro atoms. The first kappa shape index (κ1) is 21.9. The van der Waals surface area contributed by atoms with E-state index in [4.69, 9.17) is 4.74 Å². The molecule has 0 aliphatic carbocycles. The molecular formula is C23H18F3NO4. The molecule has 0 heterocycles. The van der Waals surface area contributed by atoms with Crippen molar-refractivity contribution in [3.05, 3.63) is 83.9 Å². The van der Waals surface area contributed by atoms with Crippen molar-refractivity contribution in [3.8, 4) is 16.9 Å². The lowest BCUT2D eigenvalue weighted by Gasteiger charge is -2.12. The number of hydrogen-bond acceptors (Lipinski definition) is 4. The third-order valence-electron chi connectivity index (χ3n) is 4.39. The number of ether oxygens (including phenoxy) is 2. The summed E-state index contributed by atoms with van der Waals surface area (Å²) in [7, 11) is 1.26. The number of hydrogen-bond donors (Lipinski definition) is 1. The van der Waals surface area contributed by atoms with Crippen molar-refractivity contribution in [2.45, 2.75) is 6.18 Å². The Labute approximate surface area is 176 Å². The topological polar surface area (TPSA) is 64.6 Å². The molecule has 0 unspecified atom stereocenters. The Hall–Kier alpha value is -3.81. The second-order valence-corrected chi connectivity index (χ2v) is 6.46. The number of rotatable bonds is 6. The molecule has 8 heteroatoms. The average molecular weight is 431 g/mol. The number of methoxy groups -OCH3 is 1. The largest absolute Gasteiger partial charge is 0.482 e. The van der Waals surface area contributed by atoms with Gasteiger partial charge in [0.15, 0.2) is 6.61 Å². The minimum Gasteiger partial charge on any atom is -0.482 e. The van der Waals surface area contributed by atoms with Crippen LogP contribution in [0.15, 0.2) is 72.8 Å². The van der Waals surface area contributed by atoms with Crippen molar-refractivity contribution in [1.82, 2.24) is 0 Å². The van der Waals surface area contributed by atoms with Crippen LogP contribution in [0.1, 0.15) is 15.9 Å². The van der Waals surface area contributed by atoms with Gasteiger partial charge in [0.25, 0.3) is 5.91 Å². The van der Waals surface area contributed by atoms with Crippen LogP contribution in [0.5, 0.6) is 5.75 Å². The van der Waals surface area contributed by atoms with Crippen molar-refractivity contribution in [1.29, 1.82) is 0 Å². The van der Waals surface area contributed by atoms with Gasteiger partial charge in [-0.15, -0.1) is 0 Å². The predicted molar refractivity (Wildman–Crippen MR) is 109 cm³/mol. The summed E-state index contributed by atoms with van der Waals surface area (Å²) in [6, 6.07) is 17.6. The average Bonchev–Trinajstić information content (AvgIpc) is 2.78. The molecule has 160 valence electrons. The van der Waals surface area contributed by atoms with Gasteiger partial charge in [-0.2, -0.15) is 13.2 Å². The number of halogens is 3. The zero-order valence-corrected chi connectivity index (χ0v) is 16.4. The summed E-state index contributed by atoms with van der Waals surface area (Å²) < 4.78 is 48.2. The molecule has 0 saturated carbocycles. The van der Waals surface area contributed by atoms with Crippen LogP contribution in [0, 0.1) is 0 Å². The summed E-state index contributed by atoms with van der Waals surface area (Å²) in [4.78, 5) is 23.9. The van der Waals surface area contributed by atoms with E-state index in [1.165, 1.54) is 19.2 Å². The third-order valence-corrected chi connectivity index (χ3v) is 4.39. The number of carbonyl (C=O) groups is 2. The Bertz CT molecular complexity index is 1060. The normalized spacial score (nSPS) is 11.0. The number of amides is 1. The maximum absolute atomic E-state index is 12.8. The highest BCUT2D eigenvalue weighted by Crippen LogP contribution is 2.32. The Morgan fingerprint density at radius 1 is 0.968 bits per heavy atom. The lowest BCUT2D eigenvalue weighted by molar-refractivity contribution is -0.143. The second-order valence-electron chi connectivity index (χ2n) is 6.46. The van der Waals surface area contributed by atoms with Crippen molar-refractivity contribution in [2.24, 2.45) is 0 Å². The summed E-state index contributed by atoms with van der Waals surface area (Å²) in [5, 5.41) is 2.74. The van der Waals surface area contributed by atoms with Crippen LogP contribution >= 0.6 is 0 Å². The third kappa shape index (κ3) is 5.63. The molecular weight excluding hydrogens is 413 g/mol. The van der Waals surface area contributed by atoms with E-state index in [2.05, 4.69) is 10.1 Å². The zero-order chi connectivity index (χ0) is 22.4. The Balaban J connectivity index is 1.75. The number of esters is 1. The number of nitrogens with one attached hydrogen (secondary N) is 1. The van der Waals surface area contributed by atoms with Crippen molar-refractivity contribution in [3.63, 3.8) is 0 Å². The van der Waals surface area contributed by atoms with E-state index in [1.54, 1.807) is 48.5 Å². The summed E-state index contributed by atoms with van der Waals surface area (Å²) in [5.41, 5.74) is 1.04. The van der Waals surface area contributed by atoms with Crippen LogP contribution < -0.4 is 10.1 Å². The fraction of sp³-hybridized carbons (Fsp3) is 0.130. The molecule has 0 saturated heterocycles. The highest BCUT2D eigenvalue weighted by atomic mass is 19.4. The van der Waals surface area contributed by atoms with Gasteiger partial charge in [-0.05, 0) is 53.6 Å². The number of benzene rings is 3. The minimum absolute atomic E-state index is 0.233. The van der Waals surface area contributed by atoms with Crippen LogP contribution in [0.4, 0.5) is 18.9 Å². The van der Waals surface area contributed by atoms with Gasteiger partial charge < -0.3 is 14.8 Å². The van der Waals surface area contributed by atoms with Crippen molar-refractivity contribution >= 4 is 17.6 Å². The summed E-state index contributed by atoms with van der Waals surface area (Å²) in [6.45, 7) is -0.233. The molecule has 0 bridgehead atoms. The van der Waals surface area contributed by atoms with Crippen molar-refractivity contribution < 1.29 is 32.2 Å². The molecule has 0 aromatic heterocycles. The van der Waals surface area contributed by atoms with Crippen LogP contribution in [0.25, 0.3) is 11.1 Å². The Kier molecular flexibility index (Phi) is 6.59. The predicted octanol–water partition coefficient (Wildman–Crippen LogP) is 5.18. The van der Waals surface area contributed by atoms with E-state index >= 15 is 0 Å². The Morgan fingerprint density at radius 3 is 2.23 bits per heavy atom. The molecule has 3 aromatic carbocycles. The smallest absolute Gasteiger partial charge is 0.416 e. The maximum atomic E-state index is 12.8. The van der Waals surface area contributed by atoms with Gasteiger partial charge in [0.2, 0.25) is 0 Å². The standard InChI is InChI=1S/C23H18F3NO4/c1-30-21(28)14-31-18-12-10-17(11-13-18)27-22(29)20-5-3-2-4-19(20)15-6-8-16(9-7-15)23(24,25)26/h2-13H,14H2,1H3,(H,27,29)/i21+2. The molecule has 1 amide bonds. The van der Waals surface area contributed by atoms with Gasteiger partial charge >= 0.3 is 12.1 Å². The first-order valence-corrected chi connectivity index (χ1v) is 9.15. The molecule has 5 nitrogen and oxygen atoms in total. The fourth-order valence-corrected chi connectivity index (χ4v) is 2.81. The highest BCUT2D eigenvalue weighted by Gasteiger charge is 2.30. The maximum Gasteiger partial charge on any atom is 0.416 e. The monoisotopic (exact) mass is 431 g/mol. The molecule has 0 radical (unpaired) electrons. The lowest BCUT2D eigenvalue weighted by Crippen LogP contribution is -2.14. The van der Waals surface area contributed by atoms with E-state index in [0.717, 1.165) is 12.1 Å². The van der Waals surface area contributed by atoms with Crippen molar-refractivity contribution in [2.75, 3.05) is 19.0 Å². The number of alkyl halides is 3. The fourth-order valence-electron chi connectivity index (χ4n) is 2.81. The first-order chi connectivity index (χ1) is 14.8. The molecule has 31 heavy (non-hydrogen) atoms. The molecule has 0 aliphatic rings. The summed E-state index contributed by atoms with van der Waals surface area (Å²) in [5.74, 6) is -0.510. The van der Waals surface area contributed by atoms with Gasteiger partial charge in [0.1, 0.15) is 5.75 Å². The quantitative estimate of drug-likeness (QED) is 0.547. The molecule has 3 aromatic rings. The summed E-state index contributed by atoms with van der Waals surface area (Å²) in [6.07, 6.45) is -4.43. The molecule has 1 N–H and O–H groups in total. The van der Waals surface area contributed by atoms with Crippen LogP contribution in [0.3, 0.4) is 0 Å². The summed E-state index contributed by atoms with van der Waals surface area (Å²) >= 11 is 0. The first-order valence-electron chi connectivity index (χ1n) is 9.15. The highest BCUT2D eigenvalue weighted by molar-refractivity contribution is 6.08. The van der Waals surface area contributed by atoms with E-state index in [9.17, 15) is 22.8 Å². The van der Waals surface area contributed by atoms with Gasteiger partial charge in [0.05, 0.1) is 12.7 Å². The number of carbonyl (C=O) groups excluding carboxylic acids is 2. The second kappa shape index (κ2) is 9.34. The SMILES string of the molecule is CO[14C](=O)COc1ccc(NC(=O)c2ccccc2-c2ccc(C(F)(F)F)cc2)cc1. The lowest BCUT2D eigenvalue weighted by atomic mass is 9.98. The van der Waals surface area contributed by atoms with Gasteiger partial charge in [-0.3, -0.25) is 4.79 Å². The molecule has 0 fully saturated rings. The van der Waals surface area contributed by atoms with E-state index in [-0.39, 0.29) is 6.61 Å². The van der Waals surface area contributed by atoms with Crippen LogP contribution in [-0.4, -0.2) is 25.6 Å². The Morgan fingerprint density at radius 2 is 1.61 bits per heavy atom. The van der Waals surface area contributed by atoms with E-state index < -0.39 is 23.6 Å². The minimum atomic E-state index is -4.43. The van der Waals surface area contributed by atoms with Crippen LogP contribution in [0.2, 0.25) is 0 Å². The van der Waals surface area contributed by atoms with Gasteiger partial charge in [-0.25, -0.2) is 4.79 Å². The molecule has 3 rings (SSSR count). The zero-order valence-electron chi connectivity index (χ0n) is 16.4. The van der Waals surface area contributed by atoms with Gasteiger partial charge in [0, 0.05) is 11.3 Å². The molecule has 0 aliphatic heterocycles. The molecule has 0 atom stereocenters.